The number of carbonyl (C=O) groups is 1. The number of hydrogen-bond donors (Lipinski definition) is 0. The average molecular weight is 257 g/mol. The van der Waals surface area contributed by atoms with Crippen molar-refractivity contribution in [2.75, 3.05) is 18.0 Å². The van der Waals surface area contributed by atoms with Gasteiger partial charge in [0.2, 0.25) is 0 Å². The first-order chi connectivity index (χ1) is 9.19. The SMILES string of the molecule is CCN(CC)c1ccc(-n2cc(C=O)c(C)n2)cc1. The van der Waals surface area contributed by atoms with Crippen molar-refractivity contribution < 1.29 is 4.79 Å². The zero-order chi connectivity index (χ0) is 13.8. The van der Waals surface area contributed by atoms with Crippen molar-refractivity contribution in [1.82, 2.24) is 9.78 Å². The van der Waals surface area contributed by atoms with Crippen LogP contribution in [0.15, 0.2) is 30.5 Å². The lowest BCUT2D eigenvalue weighted by Crippen LogP contribution is -2.21. The van der Waals surface area contributed by atoms with Crippen LogP contribution in [0.1, 0.15) is 29.9 Å². The molecule has 4 nitrogen and oxygen atoms in total. The monoisotopic (exact) mass is 257 g/mol. The molecule has 0 radical (unpaired) electrons. The number of rotatable bonds is 5. The van der Waals surface area contributed by atoms with Crippen molar-refractivity contribution in [2.45, 2.75) is 20.8 Å². The Morgan fingerprint density at radius 1 is 1.21 bits per heavy atom. The summed E-state index contributed by atoms with van der Waals surface area (Å²) in [7, 11) is 0. The Morgan fingerprint density at radius 3 is 2.32 bits per heavy atom. The van der Waals surface area contributed by atoms with Gasteiger partial charge in [-0.15, -0.1) is 0 Å². The summed E-state index contributed by atoms with van der Waals surface area (Å²) >= 11 is 0. The minimum Gasteiger partial charge on any atom is -0.372 e. The minimum atomic E-state index is 0.632. The topological polar surface area (TPSA) is 38.1 Å². The second kappa shape index (κ2) is 5.69. The van der Waals surface area contributed by atoms with Crippen LogP contribution in [0, 0.1) is 6.92 Å². The van der Waals surface area contributed by atoms with Gasteiger partial charge >= 0.3 is 0 Å². The summed E-state index contributed by atoms with van der Waals surface area (Å²) in [5.74, 6) is 0. The van der Waals surface area contributed by atoms with Crippen LogP contribution < -0.4 is 4.90 Å². The van der Waals surface area contributed by atoms with Crippen LogP contribution in [-0.4, -0.2) is 29.2 Å². The molecule has 19 heavy (non-hydrogen) atoms. The average Bonchev–Trinajstić information content (AvgIpc) is 2.82. The van der Waals surface area contributed by atoms with Gasteiger partial charge in [-0.3, -0.25) is 4.79 Å². The third kappa shape index (κ3) is 2.67. The van der Waals surface area contributed by atoms with Crippen molar-refractivity contribution in [2.24, 2.45) is 0 Å². The van der Waals surface area contributed by atoms with Crippen molar-refractivity contribution in [1.29, 1.82) is 0 Å². The Hall–Kier alpha value is -2.10. The zero-order valence-corrected chi connectivity index (χ0v) is 11.6. The summed E-state index contributed by atoms with van der Waals surface area (Å²) in [5, 5.41) is 4.34. The third-order valence-corrected chi connectivity index (χ3v) is 3.31. The lowest BCUT2D eigenvalue weighted by atomic mass is 10.2. The molecular formula is C15H19N3O. The second-order valence-electron chi connectivity index (χ2n) is 4.42. The van der Waals surface area contributed by atoms with Crippen LogP contribution in [0.3, 0.4) is 0 Å². The molecular weight excluding hydrogens is 238 g/mol. The maximum atomic E-state index is 10.8. The minimum absolute atomic E-state index is 0.632. The van der Waals surface area contributed by atoms with Gasteiger partial charge in [-0.05, 0) is 45.0 Å². The Labute approximate surface area is 113 Å². The summed E-state index contributed by atoms with van der Waals surface area (Å²) in [6.07, 6.45) is 2.60. The summed E-state index contributed by atoms with van der Waals surface area (Å²) in [6.45, 7) is 8.11. The molecule has 0 saturated carbocycles. The van der Waals surface area contributed by atoms with Gasteiger partial charge in [0.05, 0.1) is 16.9 Å². The quantitative estimate of drug-likeness (QED) is 0.773. The van der Waals surface area contributed by atoms with E-state index in [4.69, 9.17) is 0 Å². The van der Waals surface area contributed by atoms with Gasteiger partial charge in [0.1, 0.15) is 0 Å². The summed E-state index contributed by atoms with van der Waals surface area (Å²) in [6, 6.07) is 8.21. The van der Waals surface area contributed by atoms with Crippen LogP contribution in [0.2, 0.25) is 0 Å². The second-order valence-corrected chi connectivity index (χ2v) is 4.42. The molecule has 1 aromatic carbocycles. The maximum absolute atomic E-state index is 10.8. The molecule has 0 saturated heterocycles. The highest BCUT2D eigenvalue weighted by molar-refractivity contribution is 5.76. The number of carbonyl (C=O) groups excluding carboxylic acids is 1. The number of nitrogens with zero attached hydrogens (tertiary/aromatic N) is 3. The lowest BCUT2D eigenvalue weighted by molar-refractivity contribution is 0.112. The molecule has 4 heteroatoms. The molecule has 1 aromatic heterocycles. The number of benzene rings is 1. The standard InChI is InChI=1S/C15H19N3O/c1-4-17(5-2)14-6-8-15(9-7-14)18-10-13(11-19)12(3)16-18/h6-11H,4-5H2,1-3H3. The van der Waals surface area contributed by atoms with Crippen LogP contribution in [0.25, 0.3) is 5.69 Å². The fourth-order valence-corrected chi connectivity index (χ4v) is 2.13. The molecule has 100 valence electrons. The largest absolute Gasteiger partial charge is 0.372 e. The molecule has 1 heterocycles. The maximum Gasteiger partial charge on any atom is 0.153 e. The first-order valence-electron chi connectivity index (χ1n) is 6.56. The van der Waals surface area contributed by atoms with Gasteiger partial charge in [0.25, 0.3) is 0 Å². The van der Waals surface area contributed by atoms with Crippen molar-refractivity contribution in [3.8, 4) is 5.69 Å². The van der Waals surface area contributed by atoms with E-state index in [1.807, 2.05) is 19.1 Å². The molecule has 0 bridgehead atoms. The normalized spacial score (nSPS) is 10.5. The Morgan fingerprint density at radius 2 is 1.84 bits per heavy atom. The zero-order valence-electron chi connectivity index (χ0n) is 11.6. The van der Waals surface area contributed by atoms with E-state index in [2.05, 4.69) is 36.0 Å². The van der Waals surface area contributed by atoms with E-state index in [0.717, 1.165) is 30.8 Å². The fourth-order valence-electron chi connectivity index (χ4n) is 2.13. The predicted octanol–water partition coefficient (Wildman–Crippen LogP) is 2.84. The van der Waals surface area contributed by atoms with Crippen LogP contribution in [0.5, 0.6) is 0 Å². The lowest BCUT2D eigenvalue weighted by Gasteiger charge is -2.21. The van der Waals surface area contributed by atoms with Gasteiger partial charge in [-0.2, -0.15) is 5.10 Å². The number of hydrogen-bond acceptors (Lipinski definition) is 3. The fraction of sp³-hybridized carbons (Fsp3) is 0.333. The number of aldehydes is 1. The molecule has 2 rings (SSSR count). The van der Waals surface area contributed by atoms with Crippen LogP contribution >= 0.6 is 0 Å². The Balaban J connectivity index is 2.29. The first kappa shape index (κ1) is 13.3. The smallest absolute Gasteiger partial charge is 0.153 e. The van der Waals surface area contributed by atoms with Gasteiger partial charge < -0.3 is 4.90 Å². The number of aryl methyl sites for hydroxylation is 1. The summed E-state index contributed by atoms with van der Waals surface area (Å²) in [4.78, 5) is 13.1. The van der Waals surface area contributed by atoms with E-state index in [0.29, 0.717) is 5.56 Å². The molecule has 0 unspecified atom stereocenters. The highest BCUT2D eigenvalue weighted by Gasteiger charge is 2.06. The number of anilines is 1. The third-order valence-electron chi connectivity index (χ3n) is 3.31. The molecule has 0 N–H and O–H groups in total. The highest BCUT2D eigenvalue weighted by Crippen LogP contribution is 2.17. The number of aromatic nitrogens is 2. The van der Waals surface area contributed by atoms with Crippen molar-refractivity contribution in [3.05, 3.63) is 41.7 Å². The molecule has 0 aliphatic heterocycles. The molecule has 0 aliphatic carbocycles. The predicted molar refractivity (Wildman–Crippen MR) is 77.2 cm³/mol. The van der Waals surface area contributed by atoms with Gasteiger partial charge in [0.15, 0.2) is 6.29 Å². The first-order valence-corrected chi connectivity index (χ1v) is 6.56. The van der Waals surface area contributed by atoms with Crippen LogP contribution in [0.4, 0.5) is 5.69 Å². The van der Waals surface area contributed by atoms with E-state index >= 15 is 0 Å². The molecule has 0 amide bonds. The highest BCUT2D eigenvalue weighted by atomic mass is 16.1. The van der Waals surface area contributed by atoms with E-state index in [1.54, 1.807) is 10.9 Å². The molecule has 0 fully saturated rings. The Bertz CT molecular complexity index is 553. The van der Waals surface area contributed by atoms with Crippen molar-refractivity contribution >= 4 is 12.0 Å². The van der Waals surface area contributed by atoms with Crippen molar-refractivity contribution in [3.63, 3.8) is 0 Å². The summed E-state index contributed by atoms with van der Waals surface area (Å²) < 4.78 is 1.74. The van der Waals surface area contributed by atoms with Crippen LogP contribution in [-0.2, 0) is 0 Å². The van der Waals surface area contributed by atoms with Gasteiger partial charge in [-0.1, -0.05) is 0 Å². The van der Waals surface area contributed by atoms with Gasteiger partial charge in [-0.25, -0.2) is 4.68 Å². The van der Waals surface area contributed by atoms with E-state index in [-0.39, 0.29) is 0 Å². The molecule has 0 spiro atoms. The van der Waals surface area contributed by atoms with E-state index in [9.17, 15) is 4.79 Å². The Kier molecular flexibility index (Phi) is 4.00. The molecule has 0 atom stereocenters. The van der Waals surface area contributed by atoms with E-state index in [1.165, 1.54) is 5.69 Å². The molecule has 0 aliphatic rings. The van der Waals surface area contributed by atoms with Gasteiger partial charge in [0, 0.05) is 25.0 Å². The summed E-state index contributed by atoms with van der Waals surface area (Å²) in [5.41, 5.74) is 3.55. The molecule has 2 aromatic rings. The van der Waals surface area contributed by atoms with E-state index < -0.39 is 0 Å².